The fourth-order valence-corrected chi connectivity index (χ4v) is 4.34. The standard InChI is InChI=1S/C32H25N7O/c33-29-28(30-37-31(23-13-6-2-7-14-23)39(38-30)26-17-8-3-9-18-26)36-27(21-34-29)24-15-10-16-25(19-24)32(40)35-20-22-11-4-1-5-12-22/h1-19,21H,20H2,(H2,33,34)(H,35,40). The molecule has 0 radical (unpaired) electrons. The van der Waals surface area contributed by atoms with E-state index in [9.17, 15) is 4.79 Å². The summed E-state index contributed by atoms with van der Waals surface area (Å²) in [6.45, 7) is 0.440. The van der Waals surface area contributed by atoms with E-state index < -0.39 is 0 Å². The Kier molecular flexibility index (Phi) is 6.79. The van der Waals surface area contributed by atoms with Crippen molar-refractivity contribution in [2.24, 2.45) is 0 Å². The van der Waals surface area contributed by atoms with E-state index in [4.69, 9.17) is 20.8 Å². The molecule has 0 spiro atoms. The summed E-state index contributed by atoms with van der Waals surface area (Å²) < 4.78 is 1.77. The normalized spacial score (nSPS) is 10.8. The van der Waals surface area contributed by atoms with Gasteiger partial charge in [0.1, 0.15) is 0 Å². The molecule has 4 aromatic carbocycles. The SMILES string of the molecule is Nc1ncc(-c2cccc(C(=O)NCc3ccccc3)c2)nc1-c1nc(-c2ccccc2)n(-c2ccccc2)n1. The van der Waals surface area contributed by atoms with Gasteiger partial charge < -0.3 is 11.1 Å². The van der Waals surface area contributed by atoms with Gasteiger partial charge in [-0.1, -0.05) is 91.0 Å². The van der Waals surface area contributed by atoms with Crippen LogP contribution in [0.25, 0.3) is 39.9 Å². The number of carbonyl (C=O) groups is 1. The first-order valence-electron chi connectivity index (χ1n) is 12.8. The number of hydrogen-bond acceptors (Lipinski definition) is 6. The summed E-state index contributed by atoms with van der Waals surface area (Å²) in [5.74, 6) is 1.05. The maximum Gasteiger partial charge on any atom is 0.251 e. The molecular formula is C32H25N7O. The van der Waals surface area contributed by atoms with Crippen LogP contribution in [-0.2, 0) is 6.54 Å². The van der Waals surface area contributed by atoms with Gasteiger partial charge in [-0.05, 0) is 29.8 Å². The molecule has 2 heterocycles. The maximum atomic E-state index is 12.9. The van der Waals surface area contributed by atoms with Crippen LogP contribution in [0.3, 0.4) is 0 Å². The lowest BCUT2D eigenvalue weighted by atomic mass is 10.1. The monoisotopic (exact) mass is 523 g/mol. The Bertz CT molecular complexity index is 1710. The molecule has 0 atom stereocenters. The van der Waals surface area contributed by atoms with Gasteiger partial charge in [0.05, 0.1) is 17.6 Å². The highest BCUT2D eigenvalue weighted by molar-refractivity contribution is 5.95. The Morgan fingerprint density at radius 2 is 1.45 bits per heavy atom. The summed E-state index contributed by atoms with van der Waals surface area (Å²) in [6.07, 6.45) is 1.59. The van der Waals surface area contributed by atoms with E-state index >= 15 is 0 Å². The fourth-order valence-electron chi connectivity index (χ4n) is 4.34. The second kappa shape index (κ2) is 11.0. The van der Waals surface area contributed by atoms with E-state index in [2.05, 4.69) is 10.3 Å². The number of nitrogens with two attached hydrogens (primary N) is 1. The number of nitrogen functional groups attached to an aromatic ring is 1. The number of nitrogens with zero attached hydrogens (tertiary/aromatic N) is 5. The molecule has 6 rings (SSSR count). The van der Waals surface area contributed by atoms with Crippen molar-refractivity contribution in [2.45, 2.75) is 6.54 Å². The van der Waals surface area contributed by atoms with Crippen molar-refractivity contribution in [3.8, 4) is 39.9 Å². The number of benzene rings is 4. The molecule has 0 saturated carbocycles. The van der Waals surface area contributed by atoms with E-state index in [0.29, 0.717) is 35.1 Å². The molecule has 6 aromatic rings. The number of carbonyl (C=O) groups excluding carboxylic acids is 1. The highest BCUT2D eigenvalue weighted by Gasteiger charge is 2.19. The minimum atomic E-state index is -0.176. The minimum Gasteiger partial charge on any atom is -0.382 e. The van der Waals surface area contributed by atoms with Crippen molar-refractivity contribution < 1.29 is 4.79 Å². The molecule has 194 valence electrons. The van der Waals surface area contributed by atoms with Gasteiger partial charge in [0.2, 0.25) is 5.82 Å². The van der Waals surface area contributed by atoms with Gasteiger partial charge in [0, 0.05) is 23.2 Å². The third-order valence-electron chi connectivity index (χ3n) is 6.37. The molecule has 40 heavy (non-hydrogen) atoms. The van der Waals surface area contributed by atoms with Gasteiger partial charge in [-0.25, -0.2) is 19.6 Å². The Hall–Kier alpha value is -5.63. The van der Waals surface area contributed by atoms with Crippen LogP contribution < -0.4 is 11.1 Å². The molecule has 0 saturated heterocycles. The number of anilines is 1. The molecule has 0 aliphatic carbocycles. The average molecular weight is 524 g/mol. The number of amides is 1. The van der Waals surface area contributed by atoms with Gasteiger partial charge in [0.15, 0.2) is 17.3 Å². The molecule has 0 unspecified atom stereocenters. The number of rotatable bonds is 7. The van der Waals surface area contributed by atoms with Crippen LogP contribution in [0.2, 0.25) is 0 Å². The summed E-state index contributed by atoms with van der Waals surface area (Å²) in [6, 6.07) is 36.6. The minimum absolute atomic E-state index is 0.176. The maximum absolute atomic E-state index is 12.9. The van der Waals surface area contributed by atoms with E-state index in [1.165, 1.54) is 0 Å². The van der Waals surface area contributed by atoms with Crippen molar-refractivity contribution >= 4 is 11.7 Å². The molecule has 0 aliphatic rings. The molecule has 2 aromatic heterocycles. The number of hydrogen-bond donors (Lipinski definition) is 2. The van der Waals surface area contributed by atoms with Gasteiger partial charge in [-0.15, -0.1) is 5.10 Å². The second-order valence-electron chi connectivity index (χ2n) is 9.11. The van der Waals surface area contributed by atoms with E-state index in [1.807, 2.05) is 103 Å². The predicted octanol–water partition coefficient (Wildman–Crippen LogP) is 5.57. The molecule has 8 nitrogen and oxygen atoms in total. The Morgan fingerprint density at radius 1 is 0.775 bits per heavy atom. The van der Waals surface area contributed by atoms with Crippen molar-refractivity contribution in [1.29, 1.82) is 0 Å². The third-order valence-corrected chi connectivity index (χ3v) is 6.37. The highest BCUT2D eigenvalue weighted by atomic mass is 16.1. The van der Waals surface area contributed by atoms with Crippen molar-refractivity contribution in [3.05, 3.63) is 133 Å². The number of aromatic nitrogens is 5. The average Bonchev–Trinajstić information content (AvgIpc) is 3.47. The lowest BCUT2D eigenvalue weighted by molar-refractivity contribution is 0.0951. The largest absolute Gasteiger partial charge is 0.382 e. The fraction of sp³-hybridized carbons (Fsp3) is 0.0312. The van der Waals surface area contributed by atoms with Crippen molar-refractivity contribution in [2.75, 3.05) is 5.73 Å². The lowest BCUT2D eigenvalue weighted by Gasteiger charge is -2.08. The van der Waals surface area contributed by atoms with E-state index in [0.717, 1.165) is 22.4 Å². The summed E-state index contributed by atoms with van der Waals surface area (Å²) in [5, 5.41) is 7.74. The van der Waals surface area contributed by atoms with Gasteiger partial charge >= 0.3 is 0 Å². The van der Waals surface area contributed by atoms with Gasteiger partial charge in [0.25, 0.3) is 5.91 Å². The lowest BCUT2D eigenvalue weighted by Crippen LogP contribution is -2.22. The molecule has 0 bridgehead atoms. The van der Waals surface area contributed by atoms with Crippen molar-refractivity contribution in [3.63, 3.8) is 0 Å². The van der Waals surface area contributed by atoms with Crippen LogP contribution in [0, 0.1) is 0 Å². The van der Waals surface area contributed by atoms with E-state index in [1.54, 1.807) is 23.0 Å². The molecule has 1 amide bonds. The predicted molar refractivity (Wildman–Crippen MR) is 155 cm³/mol. The van der Waals surface area contributed by atoms with Crippen LogP contribution >= 0.6 is 0 Å². The molecular weight excluding hydrogens is 498 g/mol. The molecule has 0 aliphatic heterocycles. The van der Waals surface area contributed by atoms with Crippen LogP contribution in [0.4, 0.5) is 5.82 Å². The first-order valence-corrected chi connectivity index (χ1v) is 12.8. The second-order valence-corrected chi connectivity index (χ2v) is 9.11. The first-order chi connectivity index (χ1) is 19.7. The third kappa shape index (κ3) is 5.19. The van der Waals surface area contributed by atoms with Gasteiger partial charge in [-0.2, -0.15) is 0 Å². The van der Waals surface area contributed by atoms with Gasteiger partial charge in [-0.3, -0.25) is 4.79 Å². The Labute approximate surface area is 231 Å². The van der Waals surface area contributed by atoms with Crippen LogP contribution in [0.1, 0.15) is 15.9 Å². The molecule has 8 heteroatoms. The smallest absolute Gasteiger partial charge is 0.251 e. The Balaban J connectivity index is 1.34. The summed E-state index contributed by atoms with van der Waals surface area (Å²) in [4.78, 5) is 26.9. The van der Waals surface area contributed by atoms with Crippen molar-refractivity contribution in [1.82, 2.24) is 30.0 Å². The number of para-hydroxylation sites is 1. The highest BCUT2D eigenvalue weighted by Crippen LogP contribution is 2.28. The van der Waals surface area contributed by atoms with Crippen LogP contribution in [0.15, 0.2) is 121 Å². The first kappa shape index (κ1) is 24.7. The summed E-state index contributed by atoms with van der Waals surface area (Å²) >= 11 is 0. The zero-order valence-corrected chi connectivity index (χ0v) is 21.5. The van der Waals surface area contributed by atoms with Crippen LogP contribution in [0.5, 0.6) is 0 Å². The Morgan fingerprint density at radius 3 is 2.20 bits per heavy atom. The van der Waals surface area contributed by atoms with E-state index in [-0.39, 0.29) is 11.7 Å². The molecule has 3 N–H and O–H groups in total. The topological polar surface area (TPSA) is 112 Å². The molecule has 0 fully saturated rings. The zero-order chi connectivity index (χ0) is 27.3. The number of nitrogens with one attached hydrogen (secondary N) is 1. The summed E-state index contributed by atoms with van der Waals surface area (Å²) in [7, 11) is 0. The quantitative estimate of drug-likeness (QED) is 0.283. The summed E-state index contributed by atoms with van der Waals surface area (Å²) in [5.41, 5.74) is 11.2. The zero-order valence-electron chi connectivity index (χ0n) is 21.5. The van der Waals surface area contributed by atoms with Crippen LogP contribution in [-0.4, -0.2) is 30.6 Å².